The molecular weight excluding hydrogens is 400 g/mol. The van der Waals surface area contributed by atoms with E-state index in [1.54, 1.807) is 7.11 Å². The molecule has 0 atom stereocenters. The summed E-state index contributed by atoms with van der Waals surface area (Å²) in [5.41, 5.74) is 3.51. The Morgan fingerprint density at radius 3 is 2.58 bits per heavy atom. The maximum absolute atomic E-state index is 13.9. The molecule has 31 heavy (non-hydrogen) atoms. The zero-order chi connectivity index (χ0) is 22.1. The lowest BCUT2D eigenvalue weighted by Gasteiger charge is -2.13. The van der Waals surface area contributed by atoms with Crippen molar-refractivity contribution < 1.29 is 18.3 Å². The molecule has 2 N–H and O–H groups in total. The minimum Gasteiger partial charge on any atom is -0.496 e. The molecule has 3 aromatic carbocycles. The molecule has 7 heteroatoms. The number of carbonyl (C=O) groups is 1. The number of nitrogens with zero attached hydrogens (tertiary/aromatic N) is 1. The molecule has 1 aromatic heterocycles. The van der Waals surface area contributed by atoms with E-state index in [4.69, 9.17) is 4.74 Å². The van der Waals surface area contributed by atoms with E-state index in [0.717, 1.165) is 29.0 Å². The lowest BCUT2D eigenvalue weighted by molar-refractivity contribution is 0.102. The van der Waals surface area contributed by atoms with Crippen LogP contribution in [0.5, 0.6) is 5.75 Å². The Kier molecular flexibility index (Phi) is 5.42. The van der Waals surface area contributed by atoms with Crippen LogP contribution in [0.25, 0.3) is 22.0 Å². The van der Waals surface area contributed by atoms with Crippen LogP contribution < -0.4 is 10.1 Å². The highest BCUT2D eigenvalue weighted by Crippen LogP contribution is 2.35. The molecule has 0 fully saturated rings. The number of carbonyl (C=O) groups excluding carboxylic acids is 1. The number of aromatic amines is 1. The number of nitrogens with one attached hydrogen (secondary N) is 2. The van der Waals surface area contributed by atoms with E-state index in [-0.39, 0.29) is 11.4 Å². The largest absolute Gasteiger partial charge is 0.496 e. The summed E-state index contributed by atoms with van der Waals surface area (Å²) in [6.07, 6.45) is 0. The summed E-state index contributed by atoms with van der Waals surface area (Å²) < 4.78 is 32.5. The van der Waals surface area contributed by atoms with Crippen LogP contribution in [-0.4, -0.2) is 23.2 Å². The van der Waals surface area contributed by atoms with Crippen molar-refractivity contribution in [2.75, 3.05) is 12.4 Å². The lowest BCUT2D eigenvalue weighted by atomic mass is 9.96. The van der Waals surface area contributed by atoms with E-state index in [2.05, 4.69) is 35.4 Å². The molecular formula is C24H21F2N3O2. The molecule has 0 unspecified atom stereocenters. The molecule has 4 aromatic rings. The fraction of sp³-hybridized carbons (Fsp3) is 0.167. The molecule has 5 nitrogen and oxygen atoms in total. The van der Waals surface area contributed by atoms with Crippen molar-refractivity contribution in [1.29, 1.82) is 0 Å². The first-order valence-electron chi connectivity index (χ1n) is 9.80. The third-order valence-electron chi connectivity index (χ3n) is 5.17. The smallest absolute Gasteiger partial charge is 0.259 e. The molecule has 0 aliphatic carbocycles. The number of H-pyrrole nitrogens is 1. The monoisotopic (exact) mass is 421 g/mol. The highest BCUT2D eigenvalue weighted by atomic mass is 19.1. The van der Waals surface area contributed by atoms with Crippen LogP contribution in [0.4, 0.5) is 14.6 Å². The fourth-order valence-electron chi connectivity index (χ4n) is 3.44. The molecule has 4 rings (SSSR count). The number of methoxy groups -OCH3 is 1. The van der Waals surface area contributed by atoms with E-state index < -0.39 is 17.5 Å². The maximum atomic E-state index is 13.9. The summed E-state index contributed by atoms with van der Waals surface area (Å²) in [5.74, 6) is -1.00. The van der Waals surface area contributed by atoms with Gasteiger partial charge in [0.1, 0.15) is 17.4 Å². The first-order chi connectivity index (χ1) is 14.9. The zero-order valence-electron chi connectivity index (χ0n) is 17.3. The maximum Gasteiger partial charge on any atom is 0.259 e. The number of rotatable bonds is 5. The van der Waals surface area contributed by atoms with Gasteiger partial charge in [-0.3, -0.25) is 9.89 Å². The van der Waals surface area contributed by atoms with Crippen LogP contribution in [0.1, 0.15) is 35.7 Å². The second-order valence-corrected chi connectivity index (χ2v) is 7.53. The molecule has 1 amide bonds. The van der Waals surface area contributed by atoms with E-state index in [1.807, 2.05) is 30.3 Å². The number of benzene rings is 3. The first-order valence-corrected chi connectivity index (χ1v) is 9.80. The number of hydrogen-bond donors (Lipinski definition) is 2. The van der Waals surface area contributed by atoms with Crippen molar-refractivity contribution in [3.8, 4) is 16.9 Å². The van der Waals surface area contributed by atoms with E-state index in [1.165, 1.54) is 5.56 Å². The van der Waals surface area contributed by atoms with E-state index >= 15 is 0 Å². The van der Waals surface area contributed by atoms with E-state index in [9.17, 15) is 13.6 Å². The van der Waals surface area contributed by atoms with Crippen molar-refractivity contribution in [3.05, 3.63) is 77.4 Å². The third-order valence-corrected chi connectivity index (χ3v) is 5.17. The van der Waals surface area contributed by atoms with Crippen LogP contribution in [0.3, 0.4) is 0 Å². The van der Waals surface area contributed by atoms with Crippen molar-refractivity contribution in [2.45, 2.75) is 19.8 Å². The van der Waals surface area contributed by atoms with Crippen LogP contribution in [0.15, 0.2) is 54.6 Å². The normalized spacial score (nSPS) is 11.2. The van der Waals surface area contributed by atoms with Gasteiger partial charge < -0.3 is 10.1 Å². The molecule has 0 saturated carbocycles. The summed E-state index contributed by atoms with van der Waals surface area (Å²) in [4.78, 5) is 12.4. The van der Waals surface area contributed by atoms with Crippen LogP contribution >= 0.6 is 0 Å². The molecule has 0 spiro atoms. The van der Waals surface area contributed by atoms with Gasteiger partial charge in [0, 0.05) is 17.0 Å². The Morgan fingerprint density at radius 2 is 1.87 bits per heavy atom. The van der Waals surface area contributed by atoms with Crippen molar-refractivity contribution in [2.24, 2.45) is 0 Å². The highest BCUT2D eigenvalue weighted by Gasteiger charge is 2.17. The standard InChI is InChI=1S/C24H21F2N3O2/c1-13(2)14-5-9-22(31-3)19(10-14)15-4-7-18-21(11-15)28-29-23(18)27-24(30)17-8-6-16(25)12-20(17)26/h4-13H,1-3H3,(H2,27,28,29,30). The first kappa shape index (κ1) is 20.5. The average Bonchev–Trinajstić information content (AvgIpc) is 3.15. The van der Waals surface area contributed by atoms with Gasteiger partial charge in [-0.2, -0.15) is 5.10 Å². The summed E-state index contributed by atoms with van der Waals surface area (Å²) in [5, 5.41) is 10.3. The van der Waals surface area contributed by atoms with Crippen LogP contribution in [0, 0.1) is 11.6 Å². The topological polar surface area (TPSA) is 67.0 Å². The minimum atomic E-state index is -0.934. The summed E-state index contributed by atoms with van der Waals surface area (Å²) >= 11 is 0. The van der Waals surface area contributed by atoms with Gasteiger partial charge in [-0.1, -0.05) is 26.0 Å². The number of ether oxygens (including phenoxy) is 1. The molecule has 0 bridgehead atoms. The SMILES string of the molecule is COc1ccc(C(C)C)cc1-c1ccc2c(NC(=O)c3ccc(F)cc3F)n[nH]c2c1. The van der Waals surface area contributed by atoms with Crippen molar-refractivity contribution in [3.63, 3.8) is 0 Å². The zero-order valence-corrected chi connectivity index (χ0v) is 17.3. The Balaban J connectivity index is 1.68. The number of hydrogen-bond acceptors (Lipinski definition) is 3. The molecule has 1 heterocycles. The van der Waals surface area contributed by atoms with Gasteiger partial charge in [0.05, 0.1) is 18.2 Å². The quantitative estimate of drug-likeness (QED) is 0.422. The van der Waals surface area contributed by atoms with Crippen LogP contribution in [-0.2, 0) is 0 Å². The van der Waals surface area contributed by atoms with Gasteiger partial charge in [0.15, 0.2) is 5.82 Å². The fourth-order valence-corrected chi connectivity index (χ4v) is 3.44. The van der Waals surface area contributed by atoms with Gasteiger partial charge in [0.25, 0.3) is 5.91 Å². The molecule has 0 saturated heterocycles. The summed E-state index contributed by atoms with van der Waals surface area (Å²) in [6.45, 7) is 4.26. The van der Waals surface area contributed by atoms with Crippen LogP contribution in [0.2, 0.25) is 0 Å². The van der Waals surface area contributed by atoms with Gasteiger partial charge in [-0.15, -0.1) is 0 Å². The van der Waals surface area contributed by atoms with Gasteiger partial charge in [0.2, 0.25) is 0 Å². The van der Waals surface area contributed by atoms with Gasteiger partial charge >= 0.3 is 0 Å². The van der Waals surface area contributed by atoms with E-state index in [0.29, 0.717) is 22.9 Å². The average molecular weight is 421 g/mol. The number of halogens is 2. The Hall–Kier alpha value is -3.74. The molecule has 0 radical (unpaired) electrons. The summed E-state index contributed by atoms with van der Waals surface area (Å²) in [6, 6.07) is 14.5. The number of anilines is 1. The van der Waals surface area contributed by atoms with Crippen molar-refractivity contribution in [1.82, 2.24) is 10.2 Å². The molecule has 0 aliphatic heterocycles. The third kappa shape index (κ3) is 3.99. The van der Waals surface area contributed by atoms with Gasteiger partial charge in [-0.25, -0.2) is 8.78 Å². The minimum absolute atomic E-state index is 0.260. The predicted molar refractivity (Wildman–Crippen MR) is 116 cm³/mol. The highest BCUT2D eigenvalue weighted by molar-refractivity contribution is 6.08. The predicted octanol–water partition coefficient (Wildman–Crippen LogP) is 5.89. The number of aromatic nitrogens is 2. The second kappa shape index (κ2) is 8.18. The molecule has 158 valence electrons. The number of fused-ring (bicyclic) bond motifs is 1. The Bertz CT molecular complexity index is 1280. The molecule has 0 aliphatic rings. The second-order valence-electron chi connectivity index (χ2n) is 7.53. The Labute approximate surface area is 178 Å². The Morgan fingerprint density at radius 1 is 1.06 bits per heavy atom. The number of amides is 1. The summed E-state index contributed by atoms with van der Waals surface area (Å²) in [7, 11) is 1.63. The van der Waals surface area contributed by atoms with Gasteiger partial charge in [-0.05, 0) is 53.4 Å². The lowest BCUT2D eigenvalue weighted by Crippen LogP contribution is -2.14. The van der Waals surface area contributed by atoms with Crippen molar-refractivity contribution >= 4 is 22.6 Å².